The Bertz CT molecular complexity index is 751. The van der Waals surface area contributed by atoms with Crippen molar-refractivity contribution in [3.05, 3.63) is 69.9 Å². The van der Waals surface area contributed by atoms with E-state index in [0.717, 1.165) is 57.8 Å². The van der Waals surface area contributed by atoms with E-state index in [4.69, 9.17) is 20.4 Å². The molecule has 0 fully saturated rings. The molecule has 0 aliphatic rings. The summed E-state index contributed by atoms with van der Waals surface area (Å²) in [5.74, 6) is -2.94. The van der Waals surface area contributed by atoms with E-state index in [-0.39, 0.29) is 5.57 Å². The van der Waals surface area contributed by atoms with Crippen molar-refractivity contribution in [1.29, 1.82) is 0 Å². The predicted octanol–water partition coefficient (Wildman–Crippen LogP) is 7.19. The standard InChI is InChI=1S/C30H50O4/c1-24(2)13-9-16-27(5)19-10-17-25(3)14-7-8-15-26(4)18-11-20-28(6)21-12-22-29(23-31)30(32,33)34/h13-15,19-20,22,31-34H,7-12,16-18,21,23H2,1-6H3/b25-14+,26-15+,27-19+,28-20+,29-22-. The average Bonchev–Trinajstić information content (AvgIpc) is 2.73. The highest BCUT2D eigenvalue weighted by molar-refractivity contribution is 5.11. The summed E-state index contributed by atoms with van der Waals surface area (Å²) in [6.07, 6.45) is 23.1. The Morgan fingerprint density at radius 2 is 0.824 bits per heavy atom. The third kappa shape index (κ3) is 18.7. The second-order valence-corrected chi connectivity index (χ2v) is 9.74. The predicted molar refractivity (Wildman–Crippen MR) is 145 cm³/mol. The van der Waals surface area contributed by atoms with Crippen molar-refractivity contribution in [3.8, 4) is 0 Å². The highest BCUT2D eigenvalue weighted by atomic mass is 16.7. The van der Waals surface area contributed by atoms with Crippen LogP contribution >= 0.6 is 0 Å². The van der Waals surface area contributed by atoms with Crippen LogP contribution in [-0.2, 0) is 0 Å². The average molecular weight is 475 g/mol. The van der Waals surface area contributed by atoms with E-state index in [1.54, 1.807) is 0 Å². The van der Waals surface area contributed by atoms with Gasteiger partial charge >= 0.3 is 5.97 Å². The van der Waals surface area contributed by atoms with Crippen LogP contribution in [-0.4, -0.2) is 33.0 Å². The molecule has 0 atom stereocenters. The number of hydrogen-bond acceptors (Lipinski definition) is 4. The Hall–Kier alpha value is -1.72. The van der Waals surface area contributed by atoms with Crippen molar-refractivity contribution in [2.24, 2.45) is 0 Å². The van der Waals surface area contributed by atoms with Crippen LogP contribution in [0.4, 0.5) is 0 Å². The van der Waals surface area contributed by atoms with E-state index >= 15 is 0 Å². The van der Waals surface area contributed by atoms with Crippen LogP contribution in [0, 0.1) is 0 Å². The molecule has 4 N–H and O–H groups in total. The van der Waals surface area contributed by atoms with Crippen molar-refractivity contribution < 1.29 is 20.4 Å². The third-order valence-corrected chi connectivity index (χ3v) is 5.84. The van der Waals surface area contributed by atoms with Crippen molar-refractivity contribution in [1.82, 2.24) is 0 Å². The zero-order valence-corrected chi connectivity index (χ0v) is 22.5. The van der Waals surface area contributed by atoms with Gasteiger partial charge in [0.2, 0.25) is 0 Å². The van der Waals surface area contributed by atoms with Gasteiger partial charge in [0.1, 0.15) is 0 Å². The number of allylic oxidation sites excluding steroid dienone is 11. The van der Waals surface area contributed by atoms with Crippen LogP contribution in [0.3, 0.4) is 0 Å². The van der Waals surface area contributed by atoms with Gasteiger partial charge < -0.3 is 20.4 Å². The van der Waals surface area contributed by atoms with Crippen LogP contribution in [0.5, 0.6) is 0 Å². The van der Waals surface area contributed by atoms with Crippen LogP contribution in [0.1, 0.15) is 106 Å². The fraction of sp³-hybridized carbons (Fsp3) is 0.600. The Morgan fingerprint density at radius 1 is 0.500 bits per heavy atom. The monoisotopic (exact) mass is 474 g/mol. The molecule has 0 radical (unpaired) electrons. The lowest BCUT2D eigenvalue weighted by molar-refractivity contribution is -0.284. The molecular formula is C30H50O4. The minimum atomic E-state index is -2.94. The summed E-state index contributed by atoms with van der Waals surface area (Å²) in [5, 5.41) is 36.4. The molecule has 0 aliphatic carbocycles. The second-order valence-electron chi connectivity index (χ2n) is 9.74. The molecule has 0 heterocycles. The first-order valence-corrected chi connectivity index (χ1v) is 12.7. The molecule has 0 aromatic heterocycles. The van der Waals surface area contributed by atoms with Crippen molar-refractivity contribution in [2.75, 3.05) is 6.61 Å². The second kappa shape index (κ2) is 18.6. The molecule has 0 aromatic carbocycles. The minimum Gasteiger partial charge on any atom is -0.392 e. The summed E-state index contributed by atoms with van der Waals surface area (Å²) in [6, 6.07) is 0. The molecule has 0 saturated heterocycles. The first-order chi connectivity index (χ1) is 16.0. The zero-order valence-electron chi connectivity index (χ0n) is 22.5. The quantitative estimate of drug-likeness (QED) is 0.102. The maximum Gasteiger partial charge on any atom is 0.302 e. The zero-order chi connectivity index (χ0) is 26.0. The molecule has 0 saturated carbocycles. The highest BCUT2D eigenvalue weighted by Gasteiger charge is 2.23. The number of hydrogen-bond donors (Lipinski definition) is 4. The Morgan fingerprint density at radius 3 is 1.15 bits per heavy atom. The molecule has 0 spiro atoms. The summed E-state index contributed by atoms with van der Waals surface area (Å²) in [4.78, 5) is 0. The highest BCUT2D eigenvalue weighted by Crippen LogP contribution is 2.16. The van der Waals surface area contributed by atoms with Crippen molar-refractivity contribution >= 4 is 0 Å². The SMILES string of the molecule is CC(C)=CCC/C(C)=C/CC/C(C)=C/CC/C=C(\C)CC/C=C(\C)CC/C=C(/CO)C(O)(O)O. The van der Waals surface area contributed by atoms with Gasteiger partial charge in [-0.3, -0.25) is 0 Å². The largest absolute Gasteiger partial charge is 0.392 e. The first kappa shape index (κ1) is 32.3. The van der Waals surface area contributed by atoms with Gasteiger partial charge in [0, 0.05) is 5.57 Å². The molecule has 0 rings (SSSR count). The maximum atomic E-state index is 9.12. The van der Waals surface area contributed by atoms with Gasteiger partial charge in [0.25, 0.3) is 0 Å². The molecule has 4 heteroatoms. The molecule has 4 nitrogen and oxygen atoms in total. The summed E-state index contributed by atoms with van der Waals surface area (Å²) >= 11 is 0. The summed E-state index contributed by atoms with van der Waals surface area (Å²) in [6.45, 7) is 12.4. The van der Waals surface area contributed by atoms with Gasteiger partial charge in [0.05, 0.1) is 6.61 Å². The minimum absolute atomic E-state index is 0.190. The normalized spacial score (nSPS) is 14.6. The van der Waals surface area contributed by atoms with Gasteiger partial charge in [-0.2, -0.15) is 0 Å². The van der Waals surface area contributed by atoms with Gasteiger partial charge in [-0.25, -0.2) is 0 Å². The van der Waals surface area contributed by atoms with Gasteiger partial charge in [0.15, 0.2) is 0 Å². The first-order valence-electron chi connectivity index (χ1n) is 12.7. The molecule has 0 aromatic rings. The fourth-order valence-electron chi connectivity index (χ4n) is 3.53. The number of aliphatic hydroxyl groups is 4. The topological polar surface area (TPSA) is 80.9 Å². The number of aliphatic hydroxyl groups excluding tert-OH is 1. The smallest absolute Gasteiger partial charge is 0.302 e. The summed E-state index contributed by atoms with van der Waals surface area (Å²) in [7, 11) is 0. The van der Waals surface area contributed by atoms with E-state index < -0.39 is 12.6 Å². The van der Waals surface area contributed by atoms with Crippen LogP contribution in [0.15, 0.2) is 69.9 Å². The van der Waals surface area contributed by atoms with E-state index in [2.05, 4.69) is 65.0 Å². The van der Waals surface area contributed by atoms with E-state index in [1.165, 1.54) is 33.9 Å². The molecule has 194 valence electrons. The lowest BCUT2D eigenvalue weighted by atomic mass is 10.0. The summed E-state index contributed by atoms with van der Waals surface area (Å²) in [5.41, 5.74) is 6.77. The lowest BCUT2D eigenvalue weighted by Gasteiger charge is -2.16. The van der Waals surface area contributed by atoms with E-state index in [9.17, 15) is 0 Å². The van der Waals surface area contributed by atoms with E-state index in [1.807, 2.05) is 6.92 Å². The number of rotatable bonds is 17. The lowest BCUT2D eigenvalue weighted by Crippen LogP contribution is -2.31. The number of unbranched alkanes of at least 4 members (excludes halogenated alkanes) is 1. The Kier molecular flexibility index (Phi) is 17.6. The van der Waals surface area contributed by atoms with Gasteiger partial charge in [-0.15, -0.1) is 0 Å². The fourth-order valence-corrected chi connectivity index (χ4v) is 3.53. The van der Waals surface area contributed by atoms with Crippen molar-refractivity contribution in [3.63, 3.8) is 0 Å². The molecule has 0 bridgehead atoms. The van der Waals surface area contributed by atoms with Gasteiger partial charge in [-0.05, 0) is 106 Å². The molecule has 0 aliphatic heterocycles. The van der Waals surface area contributed by atoms with E-state index in [0.29, 0.717) is 6.42 Å². The molecular weight excluding hydrogens is 424 g/mol. The molecule has 0 unspecified atom stereocenters. The van der Waals surface area contributed by atoms with Gasteiger partial charge in [-0.1, -0.05) is 64.3 Å². The van der Waals surface area contributed by atoms with Crippen LogP contribution < -0.4 is 0 Å². The summed E-state index contributed by atoms with van der Waals surface area (Å²) < 4.78 is 0. The Labute approximate surface area is 208 Å². The van der Waals surface area contributed by atoms with Crippen LogP contribution in [0.2, 0.25) is 0 Å². The maximum absolute atomic E-state index is 9.12. The van der Waals surface area contributed by atoms with Crippen LogP contribution in [0.25, 0.3) is 0 Å². The van der Waals surface area contributed by atoms with Crippen molar-refractivity contribution in [2.45, 2.75) is 112 Å². The third-order valence-electron chi connectivity index (χ3n) is 5.84. The molecule has 34 heavy (non-hydrogen) atoms. The Balaban J connectivity index is 4.20. The molecule has 0 amide bonds.